The number of ether oxygens (including phenoxy) is 1. The van der Waals surface area contributed by atoms with E-state index in [1.807, 2.05) is 33.8 Å². The fraction of sp³-hybridized carbons (Fsp3) is 0.400. The molecule has 0 saturated carbocycles. The SMILES string of the molecule is C/C=C1/OC(C)=C(C)C(N)=C1C. The second kappa shape index (κ2) is 3.05. The zero-order valence-electron chi connectivity index (χ0n) is 8.06. The fourth-order valence-electron chi connectivity index (χ4n) is 1.20. The van der Waals surface area contributed by atoms with Gasteiger partial charge in [-0.3, -0.25) is 0 Å². The summed E-state index contributed by atoms with van der Waals surface area (Å²) in [5.41, 5.74) is 8.79. The van der Waals surface area contributed by atoms with Crippen LogP contribution in [0.5, 0.6) is 0 Å². The van der Waals surface area contributed by atoms with Crippen LogP contribution in [0.4, 0.5) is 0 Å². The normalized spacial score (nSPS) is 21.8. The van der Waals surface area contributed by atoms with Crippen molar-refractivity contribution < 1.29 is 4.74 Å². The molecule has 1 aliphatic rings. The molecule has 0 spiro atoms. The minimum absolute atomic E-state index is 0.840. The maximum absolute atomic E-state index is 5.88. The van der Waals surface area contributed by atoms with Gasteiger partial charge in [0.1, 0.15) is 11.5 Å². The van der Waals surface area contributed by atoms with Crippen LogP contribution in [0.2, 0.25) is 0 Å². The number of hydrogen-bond acceptors (Lipinski definition) is 2. The van der Waals surface area contributed by atoms with E-state index in [9.17, 15) is 0 Å². The highest BCUT2D eigenvalue weighted by Gasteiger charge is 2.15. The van der Waals surface area contributed by atoms with E-state index >= 15 is 0 Å². The lowest BCUT2D eigenvalue weighted by Crippen LogP contribution is -2.12. The minimum Gasteiger partial charge on any atom is -0.462 e. The van der Waals surface area contributed by atoms with Gasteiger partial charge in [-0.2, -0.15) is 0 Å². The summed E-state index contributed by atoms with van der Waals surface area (Å²) in [6.07, 6.45) is 1.93. The quantitative estimate of drug-likeness (QED) is 0.598. The highest BCUT2D eigenvalue weighted by atomic mass is 16.5. The maximum Gasteiger partial charge on any atom is 0.127 e. The Balaban J connectivity index is 3.19. The molecule has 1 rings (SSSR count). The number of rotatable bonds is 0. The van der Waals surface area contributed by atoms with E-state index in [1.54, 1.807) is 0 Å². The van der Waals surface area contributed by atoms with Gasteiger partial charge in [0.15, 0.2) is 0 Å². The van der Waals surface area contributed by atoms with E-state index in [2.05, 4.69) is 0 Å². The van der Waals surface area contributed by atoms with Crippen LogP contribution in [0.3, 0.4) is 0 Å². The van der Waals surface area contributed by atoms with Gasteiger partial charge in [0.2, 0.25) is 0 Å². The molecule has 0 unspecified atom stereocenters. The van der Waals surface area contributed by atoms with Crippen LogP contribution in [0, 0.1) is 0 Å². The van der Waals surface area contributed by atoms with Crippen LogP contribution in [-0.2, 0) is 4.74 Å². The number of hydrogen-bond donors (Lipinski definition) is 1. The van der Waals surface area contributed by atoms with Gasteiger partial charge in [0.25, 0.3) is 0 Å². The molecule has 0 amide bonds. The molecule has 1 heterocycles. The third-order valence-electron chi connectivity index (χ3n) is 2.23. The van der Waals surface area contributed by atoms with Crippen LogP contribution in [0.15, 0.2) is 34.4 Å². The minimum atomic E-state index is 0.840. The van der Waals surface area contributed by atoms with E-state index in [-0.39, 0.29) is 0 Å². The summed E-state index contributed by atoms with van der Waals surface area (Å²) in [6, 6.07) is 0. The summed E-state index contributed by atoms with van der Waals surface area (Å²) in [5, 5.41) is 0. The van der Waals surface area contributed by atoms with Crippen molar-refractivity contribution in [2.24, 2.45) is 5.73 Å². The Kier molecular flexibility index (Phi) is 2.27. The standard InChI is InChI=1S/C10H15NO/c1-5-9-7(3)10(11)6(2)8(4)12-9/h5H,11H2,1-4H3/b9-5+. The van der Waals surface area contributed by atoms with E-state index in [1.165, 1.54) is 0 Å². The summed E-state index contributed by atoms with van der Waals surface area (Å²) < 4.78 is 5.53. The maximum atomic E-state index is 5.88. The predicted octanol–water partition coefficient (Wildman–Crippen LogP) is 2.45. The van der Waals surface area contributed by atoms with Crippen molar-refractivity contribution in [1.29, 1.82) is 0 Å². The topological polar surface area (TPSA) is 35.2 Å². The van der Waals surface area contributed by atoms with Crippen molar-refractivity contribution in [3.05, 3.63) is 34.4 Å². The van der Waals surface area contributed by atoms with Gasteiger partial charge in [-0.15, -0.1) is 0 Å². The zero-order valence-corrected chi connectivity index (χ0v) is 8.06. The molecule has 1 aliphatic heterocycles. The molecule has 0 bridgehead atoms. The lowest BCUT2D eigenvalue weighted by Gasteiger charge is -2.21. The summed E-state index contributed by atoms with van der Waals surface area (Å²) in [4.78, 5) is 0. The van der Waals surface area contributed by atoms with E-state index < -0.39 is 0 Å². The number of nitrogens with two attached hydrogens (primary N) is 1. The Morgan fingerprint density at radius 3 is 2.25 bits per heavy atom. The van der Waals surface area contributed by atoms with Gasteiger partial charge in [-0.05, 0) is 33.8 Å². The summed E-state index contributed by atoms with van der Waals surface area (Å²) in [5.74, 6) is 1.77. The van der Waals surface area contributed by atoms with Crippen molar-refractivity contribution in [3.8, 4) is 0 Å². The van der Waals surface area contributed by atoms with E-state index in [4.69, 9.17) is 10.5 Å². The molecule has 0 fully saturated rings. The molecule has 2 N–H and O–H groups in total. The first-order valence-corrected chi connectivity index (χ1v) is 4.06. The first-order chi connectivity index (χ1) is 5.57. The molecular weight excluding hydrogens is 150 g/mol. The molecule has 12 heavy (non-hydrogen) atoms. The number of allylic oxidation sites excluding steroid dienone is 4. The van der Waals surface area contributed by atoms with Crippen LogP contribution in [0.25, 0.3) is 0 Å². The predicted molar refractivity (Wildman–Crippen MR) is 50.1 cm³/mol. The van der Waals surface area contributed by atoms with Crippen LogP contribution in [-0.4, -0.2) is 0 Å². The molecule has 66 valence electrons. The molecular formula is C10H15NO. The monoisotopic (exact) mass is 165 g/mol. The summed E-state index contributed by atoms with van der Waals surface area (Å²) in [7, 11) is 0. The molecule has 0 aromatic carbocycles. The first kappa shape index (κ1) is 8.91. The third-order valence-corrected chi connectivity index (χ3v) is 2.23. The van der Waals surface area contributed by atoms with Gasteiger partial charge < -0.3 is 10.5 Å². The fourth-order valence-corrected chi connectivity index (χ4v) is 1.20. The highest BCUT2D eigenvalue weighted by molar-refractivity contribution is 5.43. The lowest BCUT2D eigenvalue weighted by molar-refractivity contribution is 0.304. The Labute approximate surface area is 73.4 Å². The Morgan fingerprint density at radius 1 is 1.17 bits per heavy atom. The molecule has 2 nitrogen and oxygen atoms in total. The molecule has 0 atom stereocenters. The van der Waals surface area contributed by atoms with Gasteiger partial charge in [-0.1, -0.05) is 0 Å². The van der Waals surface area contributed by atoms with Crippen LogP contribution < -0.4 is 5.73 Å². The second-order valence-corrected chi connectivity index (χ2v) is 2.97. The Morgan fingerprint density at radius 2 is 1.75 bits per heavy atom. The van der Waals surface area contributed by atoms with E-state index in [0.717, 1.165) is 28.4 Å². The molecule has 0 radical (unpaired) electrons. The molecule has 0 aromatic heterocycles. The van der Waals surface area contributed by atoms with Crippen LogP contribution >= 0.6 is 0 Å². The van der Waals surface area contributed by atoms with E-state index in [0.29, 0.717) is 0 Å². The first-order valence-electron chi connectivity index (χ1n) is 4.06. The zero-order chi connectivity index (χ0) is 9.30. The lowest BCUT2D eigenvalue weighted by atomic mass is 10.0. The van der Waals surface area contributed by atoms with Gasteiger partial charge in [0, 0.05) is 16.8 Å². The Bertz CT molecular complexity index is 291. The Hall–Kier alpha value is -1.18. The average molecular weight is 165 g/mol. The van der Waals surface area contributed by atoms with Crippen molar-refractivity contribution in [3.63, 3.8) is 0 Å². The smallest absolute Gasteiger partial charge is 0.127 e. The average Bonchev–Trinajstić information content (AvgIpc) is 2.08. The summed E-state index contributed by atoms with van der Waals surface area (Å²) >= 11 is 0. The van der Waals surface area contributed by atoms with Crippen molar-refractivity contribution in [1.82, 2.24) is 0 Å². The van der Waals surface area contributed by atoms with Crippen LogP contribution in [0.1, 0.15) is 27.7 Å². The summed E-state index contributed by atoms with van der Waals surface area (Å²) in [6.45, 7) is 7.82. The molecule has 0 saturated heterocycles. The largest absolute Gasteiger partial charge is 0.462 e. The van der Waals surface area contributed by atoms with Crippen molar-refractivity contribution >= 4 is 0 Å². The van der Waals surface area contributed by atoms with Crippen molar-refractivity contribution in [2.75, 3.05) is 0 Å². The molecule has 2 heteroatoms. The van der Waals surface area contributed by atoms with Crippen molar-refractivity contribution in [2.45, 2.75) is 27.7 Å². The third kappa shape index (κ3) is 1.24. The molecule has 0 aliphatic carbocycles. The highest BCUT2D eigenvalue weighted by Crippen LogP contribution is 2.28. The van der Waals surface area contributed by atoms with Gasteiger partial charge in [-0.25, -0.2) is 0 Å². The van der Waals surface area contributed by atoms with Gasteiger partial charge in [0.05, 0.1) is 0 Å². The van der Waals surface area contributed by atoms with Gasteiger partial charge >= 0.3 is 0 Å². The molecule has 0 aromatic rings. The second-order valence-electron chi connectivity index (χ2n) is 2.97.